The molecule has 1 N–H and O–H groups in total. The minimum absolute atomic E-state index is 0.340. The van der Waals surface area contributed by atoms with Gasteiger partial charge in [-0.3, -0.25) is 5.32 Å². The lowest BCUT2D eigenvalue weighted by Crippen LogP contribution is -2.44. The van der Waals surface area contributed by atoms with Crippen LogP contribution in [0.15, 0.2) is 0 Å². The topological polar surface area (TPSA) is 35.8 Å². The first-order chi connectivity index (χ1) is 6.83. The van der Waals surface area contributed by atoms with Crippen LogP contribution in [-0.4, -0.2) is 12.1 Å². The van der Waals surface area contributed by atoms with Crippen molar-refractivity contribution in [2.24, 2.45) is 0 Å². The van der Waals surface area contributed by atoms with Gasteiger partial charge in [-0.1, -0.05) is 38.0 Å². The van der Waals surface area contributed by atoms with E-state index in [0.29, 0.717) is 6.54 Å². The molecule has 1 saturated carbocycles. The molecule has 2 nitrogen and oxygen atoms in total. The zero-order valence-corrected chi connectivity index (χ0v) is 8.68. The molecule has 1 rings (SSSR count). The summed E-state index contributed by atoms with van der Waals surface area (Å²) in [4.78, 5) is 0. The highest BCUT2D eigenvalue weighted by atomic mass is 15.0. The molecule has 0 spiro atoms. The van der Waals surface area contributed by atoms with Crippen molar-refractivity contribution in [1.82, 2.24) is 5.32 Å². The minimum Gasteiger partial charge on any atom is -0.288 e. The predicted octanol–water partition coefficient (Wildman–Crippen LogP) is 2.22. The largest absolute Gasteiger partial charge is 0.288 e. The van der Waals surface area contributed by atoms with Gasteiger partial charge in [0, 0.05) is 0 Å². The minimum atomic E-state index is -0.340. The molecule has 14 heavy (non-hydrogen) atoms. The Hall–Kier alpha value is -0.990. The maximum absolute atomic E-state index is 9.20. The van der Waals surface area contributed by atoms with Gasteiger partial charge < -0.3 is 0 Å². The Labute approximate surface area is 86.7 Å². The molecule has 0 amide bonds. The summed E-state index contributed by atoms with van der Waals surface area (Å²) in [7, 11) is 0. The molecule has 0 saturated heterocycles. The Morgan fingerprint density at radius 3 is 2.21 bits per heavy atom. The fraction of sp³-hybridized carbons (Fsp3) is 0.750. The molecular formula is C12H18N2. The Bertz CT molecular complexity index is 236. The van der Waals surface area contributed by atoms with Gasteiger partial charge in [-0.15, -0.1) is 6.42 Å². The third kappa shape index (κ3) is 3.05. The third-order valence-electron chi connectivity index (χ3n) is 2.95. The smallest absolute Gasteiger partial charge is 0.107 e. The summed E-state index contributed by atoms with van der Waals surface area (Å²) in [5.74, 6) is 2.55. The molecule has 0 radical (unpaired) electrons. The van der Waals surface area contributed by atoms with Crippen LogP contribution in [0.1, 0.15) is 44.9 Å². The van der Waals surface area contributed by atoms with Crippen molar-refractivity contribution < 1.29 is 0 Å². The van der Waals surface area contributed by atoms with Crippen LogP contribution in [0.2, 0.25) is 0 Å². The van der Waals surface area contributed by atoms with Gasteiger partial charge in [-0.2, -0.15) is 5.26 Å². The first-order valence-electron chi connectivity index (χ1n) is 5.43. The second-order valence-electron chi connectivity index (χ2n) is 4.02. The van der Waals surface area contributed by atoms with Crippen molar-refractivity contribution in [2.75, 3.05) is 6.54 Å². The van der Waals surface area contributed by atoms with Crippen LogP contribution >= 0.6 is 0 Å². The van der Waals surface area contributed by atoms with E-state index in [4.69, 9.17) is 6.42 Å². The maximum Gasteiger partial charge on any atom is 0.107 e. The summed E-state index contributed by atoms with van der Waals surface area (Å²) in [6.07, 6.45) is 13.2. The average Bonchev–Trinajstić information content (AvgIpc) is 2.18. The standard InChI is InChI=1S/C12H18N2/c1-2-10-14-12(11-13)8-6-4-3-5-7-9-12/h1,14H,3-10H2. The number of nitrogens with one attached hydrogen (secondary N) is 1. The van der Waals surface area contributed by atoms with E-state index >= 15 is 0 Å². The molecule has 0 aromatic heterocycles. The molecule has 0 unspecified atom stereocenters. The fourth-order valence-electron chi connectivity index (χ4n) is 2.06. The predicted molar refractivity (Wildman–Crippen MR) is 57.5 cm³/mol. The van der Waals surface area contributed by atoms with Gasteiger partial charge in [0.1, 0.15) is 5.54 Å². The van der Waals surface area contributed by atoms with E-state index in [-0.39, 0.29) is 5.54 Å². The lowest BCUT2D eigenvalue weighted by atomic mass is 9.85. The van der Waals surface area contributed by atoms with Crippen LogP contribution in [0.4, 0.5) is 0 Å². The van der Waals surface area contributed by atoms with Gasteiger partial charge >= 0.3 is 0 Å². The van der Waals surface area contributed by atoms with Crippen molar-refractivity contribution in [3.05, 3.63) is 0 Å². The average molecular weight is 190 g/mol. The zero-order chi connectivity index (χ0) is 10.3. The Morgan fingerprint density at radius 2 is 1.71 bits per heavy atom. The van der Waals surface area contributed by atoms with Crippen LogP contribution in [0, 0.1) is 23.7 Å². The number of nitrogens with zero attached hydrogens (tertiary/aromatic N) is 1. The van der Waals surface area contributed by atoms with Crippen molar-refractivity contribution in [3.8, 4) is 18.4 Å². The maximum atomic E-state index is 9.20. The monoisotopic (exact) mass is 190 g/mol. The van der Waals surface area contributed by atoms with Crippen molar-refractivity contribution in [2.45, 2.75) is 50.5 Å². The van der Waals surface area contributed by atoms with Gasteiger partial charge in [-0.25, -0.2) is 0 Å². The molecule has 0 aromatic rings. The van der Waals surface area contributed by atoms with Crippen LogP contribution in [0.3, 0.4) is 0 Å². The van der Waals surface area contributed by atoms with E-state index in [9.17, 15) is 5.26 Å². The van der Waals surface area contributed by atoms with Crippen LogP contribution in [0.25, 0.3) is 0 Å². The number of hydrogen-bond acceptors (Lipinski definition) is 2. The summed E-state index contributed by atoms with van der Waals surface area (Å²) in [5, 5.41) is 12.4. The van der Waals surface area contributed by atoms with Crippen LogP contribution in [-0.2, 0) is 0 Å². The first-order valence-corrected chi connectivity index (χ1v) is 5.43. The lowest BCUT2D eigenvalue weighted by molar-refractivity contribution is 0.328. The molecule has 1 fully saturated rings. The van der Waals surface area contributed by atoms with Gasteiger partial charge in [-0.05, 0) is 12.8 Å². The molecule has 2 heteroatoms. The fourth-order valence-corrected chi connectivity index (χ4v) is 2.06. The van der Waals surface area contributed by atoms with E-state index in [1.54, 1.807) is 0 Å². The SMILES string of the molecule is C#CCNC1(C#N)CCCCCCC1. The Morgan fingerprint density at radius 1 is 1.14 bits per heavy atom. The van der Waals surface area contributed by atoms with Crippen molar-refractivity contribution in [1.29, 1.82) is 5.26 Å². The third-order valence-corrected chi connectivity index (χ3v) is 2.95. The quantitative estimate of drug-likeness (QED) is 0.678. The molecule has 1 aliphatic carbocycles. The summed E-state index contributed by atoms with van der Waals surface area (Å²) in [5.41, 5.74) is -0.340. The second kappa shape index (κ2) is 5.68. The highest BCUT2D eigenvalue weighted by molar-refractivity contribution is 5.09. The lowest BCUT2D eigenvalue weighted by Gasteiger charge is -2.28. The molecule has 76 valence electrons. The molecule has 0 aliphatic heterocycles. The molecule has 0 aromatic carbocycles. The highest BCUT2D eigenvalue weighted by Crippen LogP contribution is 2.25. The zero-order valence-electron chi connectivity index (χ0n) is 8.68. The van der Waals surface area contributed by atoms with Gasteiger partial charge in [0.25, 0.3) is 0 Å². The number of nitriles is 1. The van der Waals surface area contributed by atoms with E-state index in [1.165, 1.54) is 19.3 Å². The summed E-state index contributed by atoms with van der Waals surface area (Å²) < 4.78 is 0. The number of rotatable bonds is 2. The highest BCUT2D eigenvalue weighted by Gasteiger charge is 2.28. The Balaban J connectivity index is 2.55. The first kappa shape index (κ1) is 11.1. The van der Waals surface area contributed by atoms with Gasteiger partial charge in [0.05, 0.1) is 12.6 Å². The van der Waals surface area contributed by atoms with Crippen LogP contribution in [0.5, 0.6) is 0 Å². The Kier molecular flexibility index (Phi) is 4.50. The van der Waals surface area contributed by atoms with Crippen molar-refractivity contribution in [3.63, 3.8) is 0 Å². The summed E-state index contributed by atoms with van der Waals surface area (Å²) in [6, 6.07) is 2.41. The van der Waals surface area contributed by atoms with E-state index < -0.39 is 0 Å². The second-order valence-corrected chi connectivity index (χ2v) is 4.02. The van der Waals surface area contributed by atoms with Gasteiger partial charge in [0.2, 0.25) is 0 Å². The summed E-state index contributed by atoms with van der Waals surface area (Å²) in [6.45, 7) is 0.508. The summed E-state index contributed by atoms with van der Waals surface area (Å²) >= 11 is 0. The molecule has 0 bridgehead atoms. The molecular weight excluding hydrogens is 172 g/mol. The van der Waals surface area contributed by atoms with Gasteiger partial charge in [0.15, 0.2) is 0 Å². The van der Waals surface area contributed by atoms with Crippen LogP contribution < -0.4 is 5.32 Å². The molecule has 1 aliphatic rings. The van der Waals surface area contributed by atoms with E-state index in [0.717, 1.165) is 25.7 Å². The molecule has 0 atom stereocenters. The number of terminal acetylenes is 1. The van der Waals surface area contributed by atoms with Crippen molar-refractivity contribution >= 4 is 0 Å². The molecule has 0 heterocycles. The van der Waals surface area contributed by atoms with E-state index in [1.807, 2.05) is 0 Å². The number of hydrogen-bond donors (Lipinski definition) is 1. The van der Waals surface area contributed by atoms with E-state index in [2.05, 4.69) is 17.3 Å². The normalized spacial score (nSPS) is 21.3.